The summed E-state index contributed by atoms with van der Waals surface area (Å²) < 4.78 is 68.4. The van der Waals surface area contributed by atoms with E-state index in [9.17, 15) is 43.2 Å². The molecular formula is C75H142O17P2. The van der Waals surface area contributed by atoms with Crippen LogP contribution in [-0.4, -0.2) is 96.7 Å². The molecule has 0 heterocycles. The van der Waals surface area contributed by atoms with Gasteiger partial charge in [0.25, 0.3) is 0 Å². The van der Waals surface area contributed by atoms with Crippen molar-refractivity contribution in [2.75, 3.05) is 39.6 Å². The van der Waals surface area contributed by atoms with Gasteiger partial charge in [-0.15, -0.1) is 0 Å². The molecule has 17 nitrogen and oxygen atoms in total. The van der Waals surface area contributed by atoms with Crippen LogP contribution >= 0.6 is 15.6 Å². The van der Waals surface area contributed by atoms with Gasteiger partial charge < -0.3 is 33.8 Å². The number of aliphatic hydroxyl groups excluding tert-OH is 1. The van der Waals surface area contributed by atoms with E-state index in [4.69, 9.17) is 37.0 Å². The minimum atomic E-state index is -4.96. The molecule has 0 rings (SSSR count). The molecule has 0 aliphatic heterocycles. The highest BCUT2D eigenvalue weighted by Gasteiger charge is 2.30. The Morgan fingerprint density at radius 1 is 0.351 bits per heavy atom. The topological polar surface area (TPSA) is 237 Å². The van der Waals surface area contributed by atoms with Gasteiger partial charge in [-0.05, 0) is 69.1 Å². The molecule has 0 spiro atoms. The van der Waals surface area contributed by atoms with Crippen molar-refractivity contribution in [2.45, 2.75) is 375 Å². The molecule has 0 aromatic carbocycles. The highest BCUT2D eigenvalue weighted by atomic mass is 31.2. The van der Waals surface area contributed by atoms with E-state index in [-0.39, 0.29) is 25.7 Å². The Bertz CT molecular complexity index is 1930. The Kier molecular flexibility index (Phi) is 63.5. The maximum atomic E-state index is 13.1. The molecule has 0 bridgehead atoms. The Labute approximate surface area is 573 Å². The third-order valence-corrected chi connectivity index (χ3v) is 19.0. The fourth-order valence-corrected chi connectivity index (χ4v) is 12.4. The van der Waals surface area contributed by atoms with Crippen molar-refractivity contribution in [1.82, 2.24) is 0 Å². The third kappa shape index (κ3) is 66.8. The van der Waals surface area contributed by atoms with Crippen LogP contribution < -0.4 is 0 Å². The van der Waals surface area contributed by atoms with Crippen molar-refractivity contribution < 1.29 is 80.2 Å². The first-order chi connectivity index (χ1) is 45.3. The average molecular weight is 1380 g/mol. The summed E-state index contributed by atoms with van der Waals surface area (Å²) >= 11 is 0. The summed E-state index contributed by atoms with van der Waals surface area (Å²) in [6.07, 6.45) is 53.5. The molecule has 19 heteroatoms. The van der Waals surface area contributed by atoms with Gasteiger partial charge in [-0.3, -0.25) is 37.3 Å². The molecule has 554 valence electrons. The Balaban J connectivity index is 5.30. The molecule has 0 fully saturated rings. The van der Waals surface area contributed by atoms with Crippen molar-refractivity contribution in [3.8, 4) is 0 Å². The SMILES string of the molecule is CCCCCC/C=C\C=C/CCCCCCCC(=O)O[C@H](COC(=O)CCCCCCCCCC(C)C)COP(=O)(O)OCC(O)COP(=O)(O)OC[C@@H](COC(=O)CCCCCCCCCCCCC(C)CC)OC(=O)CCCCCCCCCCCCCCC(C)C. The van der Waals surface area contributed by atoms with E-state index in [1.165, 1.54) is 148 Å². The molecule has 0 saturated carbocycles. The lowest BCUT2D eigenvalue weighted by atomic mass is 9.99. The highest BCUT2D eigenvalue weighted by Crippen LogP contribution is 2.45. The number of rotatable bonds is 71. The maximum Gasteiger partial charge on any atom is 0.472 e. The van der Waals surface area contributed by atoms with Crippen LogP contribution in [0.15, 0.2) is 24.3 Å². The molecule has 0 radical (unpaired) electrons. The van der Waals surface area contributed by atoms with Crippen LogP contribution in [0.25, 0.3) is 0 Å². The largest absolute Gasteiger partial charge is 0.472 e. The molecule has 94 heavy (non-hydrogen) atoms. The Hall–Kier alpha value is -2.46. The van der Waals surface area contributed by atoms with Gasteiger partial charge in [0.1, 0.15) is 19.3 Å². The monoisotopic (exact) mass is 1380 g/mol. The molecular weight excluding hydrogens is 1230 g/mol. The first-order valence-corrected chi connectivity index (χ1v) is 41.2. The molecule has 0 aliphatic rings. The minimum Gasteiger partial charge on any atom is -0.462 e. The van der Waals surface area contributed by atoms with Crippen molar-refractivity contribution in [3.05, 3.63) is 24.3 Å². The predicted octanol–water partition coefficient (Wildman–Crippen LogP) is 21.3. The summed E-state index contributed by atoms with van der Waals surface area (Å²) in [7, 11) is -9.92. The fourth-order valence-electron chi connectivity index (χ4n) is 10.9. The number of esters is 4. The van der Waals surface area contributed by atoms with Gasteiger partial charge in [-0.2, -0.15) is 0 Å². The van der Waals surface area contributed by atoms with Crippen LogP contribution in [0.3, 0.4) is 0 Å². The number of phosphoric ester groups is 2. The number of ether oxygens (including phenoxy) is 4. The molecule has 4 unspecified atom stereocenters. The number of hydrogen-bond donors (Lipinski definition) is 3. The molecule has 0 aromatic rings. The average Bonchev–Trinajstić information content (AvgIpc) is 2.61. The van der Waals surface area contributed by atoms with Crippen molar-refractivity contribution in [3.63, 3.8) is 0 Å². The van der Waals surface area contributed by atoms with Crippen molar-refractivity contribution >= 4 is 39.5 Å². The Morgan fingerprint density at radius 3 is 0.947 bits per heavy atom. The molecule has 0 aromatic heterocycles. The van der Waals surface area contributed by atoms with E-state index in [1.807, 2.05) is 0 Å². The first kappa shape index (κ1) is 91.5. The lowest BCUT2D eigenvalue weighted by Gasteiger charge is -2.21. The fraction of sp³-hybridized carbons (Fsp3) is 0.893. The van der Waals surface area contributed by atoms with Crippen LogP contribution in [0.1, 0.15) is 357 Å². The zero-order valence-electron chi connectivity index (χ0n) is 60.9. The summed E-state index contributed by atoms with van der Waals surface area (Å²) in [5, 5.41) is 10.6. The summed E-state index contributed by atoms with van der Waals surface area (Å²) in [6, 6.07) is 0. The summed E-state index contributed by atoms with van der Waals surface area (Å²) in [5.41, 5.74) is 0. The normalized spacial score (nSPS) is 14.6. The van der Waals surface area contributed by atoms with E-state index in [0.29, 0.717) is 31.6 Å². The first-order valence-electron chi connectivity index (χ1n) is 38.2. The van der Waals surface area contributed by atoms with Gasteiger partial charge in [0.15, 0.2) is 12.2 Å². The molecule has 0 aliphatic carbocycles. The van der Waals surface area contributed by atoms with Crippen molar-refractivity contribution in [2.24, 2.45) is 17.8 Å². The predicted molar refractivity (Wildman–Crippen MR) is 381 cm³/mol. The van der Waals surface area contributed by atoms with Crippen LogP contribution in [-0.2, 0) is 65.4 Å². The standard InChI is InChI=1S/C75H142O17P2/c1-8-10-11-12-13-14-15-16-17-18-22-29-36-44-51-58-74(79)92-71(63-86-73(78)57-50-43-38-31-33-40-47-54-67(5)6)65-90-94(83,84)88-61-69(76)60-87-93(81,82)89-64-70(62-85-72(77)56-49-42-35-28-25-24-27-34-41-48-55-68(7)9-2)91-75(80)59-52-45-37-30-23-20-19-21-26-32-39-46-53-66(3)4/h14-17,66-71,76H,8-13,18-65H2,1-7H3,(H,81,82)(H,83,84)/b15-14-,17-16-/t68?,69?,70-,71-/m1/s1. The number of carbonyl (C=O) groups is 4. The number of unbranched alkanes of at least 4 members (excludes halogenated alkanes) is 35. The highest BCUT2D eigenvalue weighted by molar-refractivity contribution is 7.47. The van der Waals surface area contributed by atoms with Gasteiger partial charge >= 0.3 is 39.5 Å². The third-order valence-electron chi connectivity index (χ3n) is 17.1. The van der Waals surface area contributed by atoms with E-state index in [0.717, 1.165) is 121 Å². The number of allylic oxidation sites excluding steroid dienone is 4. The van der Waals surface area contributed by atoms with Crippen LogP contribution in [0.4, 0.5) is 0 Å². The number of hydrogen-bond acceptors (Lipinski definition) is 15. The molecule has 0 amide bonds. The Morgan fingerprint density at radius 2 is 0.628 bits per heavy atom. The van der Waals surface area contributed by atoms with E-state index < -0.39 is 97.5 Å². The summed E-state index contributed by atoms with van der Waals surface area (Å²) in [4.78, 5) is 72.7. The van der Waals surface area contributed by atoms with Gasteiger partial charge in [0, 0.05) is 25.7 Å². The molecule has 3 N–H and O–H groups in total. The summed E-state index contributed by atoms with van der Waals surface area (Å²) in [6.45, 7) is 11.8. The van der Waals surface area contributed by atoms with Crippen molar-refractivity contribution in [1.29, 1.82) is 0 Å². The number of carbonyl (C=O) groups excluding carboxylic acids is 4. The van der Waals surface area contributed by atoms with Gasteiger partial charge in [-0.25, -0.2) is 9.13 Å². The van der Waals surface area contributed by atoms with E-state index in [2.05, 4.69) is 72.8 Å². The smallest absolute Gasteiger partial charge is 0.462 e. The number of phosphoric acid groups is 2. The lowest BCUT2D eigenvalue weighted by Crippen LogP contribution is -2.30. The number of aliphatic hydroxyl groups is 1. The van der Waals surface area contributed by atoms with Gasteiger partial charge in [0.05, 0.1) is 26.4 Å². The second-order valence-corrected chi connectivity index (χ2v) is 30.5. The summed E-state index contributed by atoms with van der Waals surface area (Å²) in [5.74, 6) is 0.134. The van der Waals surface area contributed by atoms with E-state index >= 15 is 0 Å². The minimum absolute atomic E-state index is 0.0839. The van der Waals surface area contributed by atoms with Gasteiger partial charge in [-0.1, -0.05) is 304 Å². The van der Waals surface area contributed by atoms with Gasteiger partial charge in [0.2, 0.25) is 0 Å². The van der Waals surface area contributed by atoms with E-state index in [1.54, 1.807) is 0 Å². The van der Waals surface area contributed by atoms with Crippen LogP contribution in [0.5, 0.6) is 0 Å². The van der Waals surface area contributed by atoms with Crippen LogP contribution in [0, 0.1) is 17.8 Å². The van der Waals surface area contributed by atoms with Crippen LogP contribution in [0.2, 0.25) is 0 Å². The zero-order valence-corrected chi connectivity index (χ0v) is 62.7. The molecule has 0 saturated heterocycles. The zero-order chi connectivity index (χ0) is 69.4. The second-order valence-electron chi connectivity index (χ2n) is 27.5. The second kappa shape index (κ2) is 65.2. The lowest BCUT2D eigenvalue weighted by molar-refractivity contribution is -0.161. The maximum absolute atomic E-state index is 13.1. The quantitative estimate of drug-likeness (QED) is 0.0169. The molecule has 6 atom stereocenters.